The number of carbonyl (C=O) groups is 2. The van der Waals surface area contributed by atoms with E-state index in [-0.39, 0.29) is 5.75 Å². The van der Waals surface area contributed by atoms with Crippen LogP contribution in [0.15, 0.2) is 24.3 Å². The summed E-state index contributed by atoms with van der Waals surface area (Å²) in [6.07, 6.45) is -1.41. The Labute approximate surface area is 97.1 Å². The van der Waals surface area contributed by atoms with Crippen molar-refractivity contribution in [2.45, 2.75) is 12.1 Å². The van der Waals surface area contributed by atoms with Gasteiger partial charge in [0.25, 0.3) is 0 Å². The molecule has 1 heterocycles. The van der Waals surface area contributed by atoms with Crippen LogP contribution in [0.5, 0.6) is 5.75 Å². The topological polar surface area (TPSA) is 84.9 Å². The molecule has 1 aliphatic heterocycles. The van der Waals surface area contributed by atoms with Crippen molar-refractivity contribution in [2.24, 2.45) is 0 Å². The van der Waals surface area contributed by atoms with Gasteiger partial charge in [0, 0.05) is 0 Å². The van der Waals surface area contributed by atoms with Crippen molar-refractivity contribution in [3.8, 4) is 5.75 Å². The van der Waals surface area contributed by atoms with E-state index in [0.29, 0.717) is 5.56 Å². The quantitative estimate of drug-likeness (QED) is 0.740. The summed E-state index contributed by atoms with van der Waals surface area (Å²) in [5.41, 5.74) is 0.608. The van der Waals surface area contributed by atoms with Crippen LogP contribution in [0.3, 0.4) is 0 Å². The highest BCUT2D eigenvalue weighted by Crippen LogP contribution is 2.28. The van der Waals surface area contributed by atoms with Crippen LogP contribution in [0, 0.1) is 0 Å². The predicted octanol–water partition coefficient (Wildman–Crippen LogP) is 0.715. The average Bonchev–Trinajstić information content (AvgIpc) is 2.71. The van der Waals surface area contributed by atoms with Crippen LogP contribution in [0.2, 0.25) is 0 Å². The molecule has 2 N–H and O–H groups in total. The number of amides is 1. The summed E-state index contributed by atoms with van der Waals surface area (Å²) in [5, 5.41) is 11.5. The van der Waals surface area contributed by atoms with E-state index in [0.717, 1.165) is 0 Å². The van der Waals surface area contributed by atoms with E-state index in [1.807, 2.05) is 0 Å². The third-order valence-electron chi connectivity index (χ3n) is 2.49. The molecule has 1 fully saturated rings. The van der Waals surface area contributed by atoms with E-state index in [1.165, 1.54) is 19.2 Å². The minimum atomic E-state index is -0.864. The molecule has 0 radical (unpaired) electrons. The Morgan fingerprint density at radius 2 is 2.06 bits per heavy atom. The van der Waals surface area contributed by atoms with Crippen LogP contribution in [0.25, 0.3) is 0 Å². The zero-order valence-corrected chi connectivity index (χ0v) is 9.04. The number of phenols is 1. The van der Waals surface area contributed by atoms with E-state index in [4.69, 9.17) is 9.84 Å². The summed E-state index contributed by atoms with van der Waals surface area (Å²) in [7, 11) is 1.24. The first-order chi connectivity index (χ1) is 8.11. The molecule has 2 unspecified atom stereocenters. The van der Waals surface area contributed by atoms with Gasteiger partial charge in [-0.3, -0.25) is 0 Å². The van der Waals surface area contributed by atoms with Gasteiger partial charge in [-0.2, -0.15) is 0 Å². The number of hydrogen-bond acceptors (Lipinski definition) is 5. The first-order valence-electron chi connectivity index (χ1n) is 4.95. The fraction of sp³-hybridized carbons (Fsp3) is 0.273. The molecule has 0 aliphatic carbocycles. The van der Waals surface area contributed by atoms with Crippen molar-refractivity contribution in [2.75, 3.05) is 7.11 Å². The first kappa shape index (κ1) is 11.3. The summed E-state index contributed by atoms with van der Waals surface area (Å²) in [5.74, 6) is -0.477. The third-order valence-corrected chi connectivity index (χ3v) is 2.49. The van der Waals surface area contributed by atoms with Crippen LogP contribution in [-0.2, 0) is 14.3 Å². The highest BCUT2D eigenvalue weighted by atomic mass is 16.6. The van der Waals surface area contributed by atoms with Crippen molar-refractivity contribution in [3.63, 3.8) is 0 Å². The molecule has 6 nitrogen and oxygen atoms in total. The third kappa shape index (κ3) is 2.15. The summed E-state index contributed by atoms with van der Waals surface area (Å²) in [4.78, 5) is 22.6. The van der Waals surface area contributed by atoms with Gasteiger partial charge < -0.3 is 19.9 Å². The molecule has 6 heteroatoms. The van der Waals surface area contributed by atoms with Crippen molar-refractivity contribution >= 4 is 12.1 Å². The fourth-order valence-electron chi connectivity index (χ4n) is 1.65. The lowest BCUT2D eigenvalue weighted by molar-refractivity contribution is -0.144. The average molecular weight is 237 g/mol. The monoisotopic (exact) mass is 237 g/mol. The molecule has 0 bridgehead atoms. The highest BCUT2D eigenvalue weighted by molar-refractivity contribution is 5.85. The summed E-state index contributed by atoms with van der Waals surface area (Å²) in [6.45, 7) is 0. The molecule has 17 heavy (non-hydrogen) atoms. The molecular formula is C11H11NO5. The molecule has 0 spiro atoms. The van der Waals surface area contributed by atoms with Crippen LogP contribution >= 0.6 is 0 Å². The van der Waals surface area contributed by atoms with Gasteiger partial charge >= 0.3 is 12.1 Å². The van der Waals surface area contributed by atoms with Gasteiger partial charge in [0.05, 0.1) is 7.11 Å². The molecule has 1 aromatic carbocycles. The second kappa shape index (κ2) is 4.32. The molecule has 2 rings (SSSR count). The Morgan fingerprint density at radius 3 is 2.65 bits per heavy atom. The van der Waals surface area contributed by atoms with Crippen LogP contribution in [-0.4, -0.2) is 30.3 Å². The zero-order chi connectivity index (χ0) is 12.4. The maximum atomic E-state index is 11.4. The van der Waals surface area contributed by atoms with E-state index < -0.39 is 24.2 Å². The van der Waals surface area contributed by atoms with E-state index in [1.54, 1.807) is 12.1 Å². The van der Waals surface area contributed by atoms with Gasteiger partial charge in [0.2, 0.25) is 0 Å². The lowest BCUT2D eigenvalue weighted by atomic mass is 10.0. The van der Waals surface area contributed by atoms with Gasteiger partial charge in [-0.25, -0.2) is 9.59 Å². The standard InChI is InChI=1S/C11H11NO5/c1-16-10(14)8-9(17-11(15)12-8)6-2-4-7(13)5-3-6/h2-5,8-9,13H,1H3,(H,12,15). The molecule has 2 atom stereocenters. The number of esters is 1. The molecule has 1 aliphatic rings. The minimum absolute atomic E-state index is 0.0978. The minimum Gasteiger partial charge on any atom is -0.508 e. The van der Waals surface area contributed by atoms with E-state index in [2.05, 4.69) is 10.1 Å². The fourth-order valence-corrected chi connectivity index (χ4v) is 1.65. The number of alkyl carbamates (subject to hydrolysis) is 1. The number of aromatic hydroxyl groups is 1. The number of ether oxygens (including phenoxy) is 2. The molecule has 1 aromatic rings. The number of cyclic esters (lactones) is 1. The number of rotatable bonds is 2. The summed E-state index contributed by atoms with van der Waals surface area (Å²) in [6, 6.07) is 5.20. The van der Waals surface area contributed by atoms with Crippen molar-refractivity contribution in [1.82, 2.24) is 5.32 Å². The second-order valence-corrected chi connectivity index (χ2v) is 3.56. The van der Waals surface area contributed by atoms with Gasteiger partial charge in [-0.1, -0.05) is 12.1 Å². The number of hydrogen-bond donors (Lipinski definition) is 2. The number of nitrogens with one attached hydrogen (secondary N) is 1. The van der Waals surface area contributed by atoms with Crippen LogP contribution in [0.1, 0.15) is 11.7 Å². The van der Waals surface area contributed by atoms with Crippen LogP contribution in [0.4, 0.5) is 4.79 Å². The summed E-state index contributed by atoms with van der Waals surface area (Å²) >= 11 is 0. The Bertz CT molecular complexity index is 442. The molecule has 90 valence electrons. The number of benzene rings is 1. The number of carbonyl (C=O) groups excluding carboxylic acids is 2. The molecular weight excluding hydrogens is 226 g/mol. The van der Waals surface area contributed by atoms with E-state index in [9.17, 15) is 9.59 Å². The highest BCUT2D eigenvalue weighted by Gasteiger charge is 2.40. The SMILES string of the molecule is COC(=O)C1NC(=O)OC1c1ccc(O)cc1. The van der Waals surface area contributed by atoms with Gasteiger partial charge in [0.15, 0.2) is 12.1 Å². The van der Waals surface area contributed by atoms with Gasteiger partial charge in [-0.05, 0) is 17.7 Å². The Hall–Kier alpha value is -2.24. The largest absolute Gasteiger partial charge is 0.508 e. The first-order valence-corrected chi connectivity index (χ1v) is 4.95. The van der Waals surface area contributed by atoms with Crippen molar-refractivity contribution in [1.29, 1.82) is 0 Å². The lowest BCUT2D eigenvalue weighted by Gasteiger charge is -2.14. The predicted molar refractivity (Wildman–Crippen MR) is 56.3 cm³/mol. The van der Waals surface area contributed by atoms with Gasteiger partial charge in [0.1, 0.15) is 5.75 Å². The maximum Gasteiger partial charge on any atom is 0.408 e. The van der Waals surface area contributed by atoms with Crippen molar-refractivity contribution < 1.29 is 24.2 Å². The Kier molecular flexibility index (Phi) is 2.86. The Balaban J connectivity index is 2.26. The normalized spacial score (nSPS) is 22.8. The lowest BCUT2D eigenvalue weighted by Crippen LogP contribution is -2.36. The Morgan fingerprint density at radius 1 is 1.41 bits per heavy atom. The maximum absolute atomic E-state index is 11.4. The second-order valence-electron chi connectivity index (χ2n) is 3.56. The smallest absolute Gasteiger partial charge is 0.408 e. The molecule has 0 saturated carbocycles. The molecule has 1 saturated heterocycles. The number of methoxy groups -OCH3 is 1. The molecule has 0 aromatic heterocycles. The molecule has 1 amide bonds. The van der Waals surface area contributed by atoms with Gasteiger partial charge in [-0.15, -0.1) is 0 Å². The summed E-state index contributed by atoms with van der Waals surface area (Å²) < 4.78 is 9.57. The number of phenolic OH excluding ortho intramolecular Hbond substituents is 1. The van der Waals surface area contributed by atoms with E-state index >= 15 is 0 Å². The van der Waals surface area contributed by atoms with Crippen LogP contribution < -0.4 is 5.32 Å². The van der Waals surface area contributed by atoms with Crippen molar-refractivity contribution in [3.05, 3.63) is 29.8 Å². The zero-order valence-electron chi connectivity index (χ0n) is 9.04.